The number of hydrogen-bond donors (Lipinski definition) is 1. The van der Waals surface area contributed by atoms with Crippen LogP contribution in [0, 0.1) is 0 Å². The van der Waals surface area contributed by atoms with E-state index in [0.717, 1.165) is 5.56 Å². The van der Waals surface area contributed by atoms with Crippen molar-refractivity contribution in [3.63, 3.8) is 0 Å². The number of sulfonamides is 1. The number of ether oxygens (including phenoxy) is 3. The summed E-state index contributed by atoms with van der Waals surface area (Å²) in [7, 11) is 0.666. The van der Waals surface area contributed by atoms with Gasteiger partial charge in [-0.3, -0.25) is 9.69 Å². The van der Waals surface area contributed by atoms with Gasteiger partial charge >= 0.3 is 5.97 Å². The number of benzene rings is 3. The van der Waals surface area contributed by atoms with Gasteiger partial charge in [-0.1, -0.05) is 30.3 Å². The molecule has 1 aliphatic rings. The van der Waals surface area contributed by atoms with Gasteiger partial charge in [-0.15, -0.1) is 0 Å². The average Bonchev–Trinajstić information content (AvgIpc) is 2.97. The molecule has 0 atom stereocenters. The van der Waals surface area contributed by atoms with Crippen LogP contribution in [0.1, 0.15) is 26.3 Å². The second-order valence-electron chi connectivity index (χ2n) is 8.89. The number of piperazine rings is 1. The predicted molar refractivity (Wildman–Crippen MR) is 146 cm³/mol. The fourth-order valence-corrected chi connectivity index (χ4v) is 5.79. The number of carbonyl (C=O) groups excluding carboxylic acids is 2. The van der Waals surface area contributed by atoms with Crippen LogP contribution in [0.3, 0.4) is 0 Å². The number of anilines is 1. The van der Waals surface area contributed by atoms with Crippen LogP contribution in [-0.4, -0.2) is 77.0 Å². The molecule has 39 heavy (non-hydrogen) atoms. The number of nitrogens with one attached hydrogen (secondary N) is 1. The highest BCUT2D eigenvalue weighted by atomic mass is 32.2. The van der Waals surface area contributed by atoms with Crippen LogP contribution in [0.15, 0.2) is 71.6 Å². The lowest BCUT2D eigenvalue weighted by Crippen LogP contribution is -2.48. The van der Waals surface area contributed by atoms with Crippen molar-refractivity contribution in [3.05, 3.63) is 83.4 Å². The zero-order valence-corrected chi connectivity index (χ0v) is 22.9. The number of esters is 1. The van der Waals surface area contributed by atoms with Gasteiger partial charge in [0, 0.05) is 50.4 Å². The Balaban J connectivity index is 1.38. The first-order valence-electron chi connectivity index (χ1n) is 12.3. The van der Waals surface area contributed by atoms with Crippen LogP contribution in [0.5, 0.6) is 11.5 Å². The average molecular weight is 554 g/mol. The first-order chi connectivity index (χ1) is 18.8. The van der Waals surface area contributed by atoms with E-state index in [4.69, 9.17) is 14.2 Å². The third kappa shape index (κ3) is 6.39. The minimum absolute atomic E-state index is 0.133. The highest BCUT2D eigenvalue weighted by Gasteiger charge is 2.28. The van der Waals surface area contributed by atoms with E-state index in [2.05, 4.69) is 10.2 Å². The summed E-state index contributed by atoms with van der Waals surface area (Å²) in [4.78, 5) is 27.7. The first-order valence-corrected chi connectivity index (χ1v) is 13.7. The van der Waals surface area contributed by atoms with Gasteiger partial charge in [-0.2, -0.15) is 4.31 Å². The Morgan fingerprint density at radius 3 is 2.05 bits per heavy atom. The third-order valence-electron chi connectivity index (χ3n) is 6.51. The van der Waals surface area contributed by atoms with Crippen molar-refractivity contribution in [1.29, 1.82) is 0 Å². The van der Waals surface area contributed by atoms with Gasteiger partial charge in [0.1, 0.15) is 0 Å². The van der Waals surface area contributed by atoms with E-state index in [1.54, 1.807) is 42.5 Å². The molecule has 1 heterocycles. The molecule has 11 heteroatoms. The van der Waals surface area contributed by atoms with Crippen molar-refractivity contribution in [2.45, 2.75) is 11.4 Å². The molecular formula is C28H31N3O7S. The number of nitrogens with zero attached hydrogens (tertiary/aromatic N) is 2. The minimum Gasteiger partial charge on any atom is -0.493 e. The smallest absolute Gasteiger partial charge is 0.340 e. The highest BCUT2D eigenvalue weighted by molar-refractivity contribution is 7.89. The van der Waals surface area contributed by atoms with Gasteiger partial charge in [-0.25, -0.2) is 13.2 Å². The zero-order valence-electron chi connectivity index (χ0n) is 22.0. The summed E-state index contributed by atoms with van der Waals surface area (Å²) < 4.78 is 42.6. The van der Waals surface area contributed by atoms with Gasteiger partial charge in [0.05, 0.1) is 37.5 Å². The summed E-state index contributed by atoms with van der Waals surface area (Å²) in [6.45, 7) is 2.65. The molecule has 1 amide bonds. The standard InChI is InChI=1S/C28H31N3O7S/c1-36-25-17-23(28(33)38-3)24(18-26(25)37-2)29-27(32)21-11-9-20(10-12-21)19-30-13-15-31(16-14-30)39(34,35)22-7-5-4-6-8-22/h4-12,17-18H,13-16,19H2,1-3H3,(H,29,32). The van der Waals surface area contributed by atoms with E-state index in [1.807, 2.05) is 12.1 Å². The molecule has 0 saturated carbocycles. The molecule has 0 spiro atoms. The molecule has 1 fully saturated rings. The van der Waals surface area contributed by atoms with E-state index in [0.29, 0.717) is 54.7 Å². The van der Waals surface area contributed by atoms with E-state index in [-0.39, 0.29) is 11.3 Å². The molecule has 206 valence electrons. The molecule has 1 saturated heterocycles. The Kier molecular flexibility index (Phi) is 8.85. The van der Waals surface area contributed by atoms with E-state index in [9.17, 15) is 18.0 Å². The van der Waals surface area contributed by atoms with Crippen LogP contribution < -0.4 is 14.8 Å². The number of methoxy groups -OCH3 is 3. The minimum atomic E-state index is -3.50. The van der Waals surface area contributed by atoms with Crippen molar-refractivity contribution >= 4 is 27.6 Å². The third-order valence-corrected chi connectivity index (χ3v) is 8.42. The van der Waals surface area contributed by atoms with Crippen LogP contribution >= 0.6 is 0 Å². The monoisotopic (exact) mass is 553 g/mol. The van der Waals surface area contributed by atoms with Crippen molar-refractivity contribution in [3.8, 4) is 11.5 Å². The van der Waals surface area contributed by atoms with Gasteiger partial charge < -0.3 is 19.5 Å². The van der Waals surface area contributed by atoms with Crippen molar-refractivity contribution in [2.24, 2.45) is 0 Å². The molecule has 0 radical (unpaired) electrons. The normalized spacial score (nSPS) is 14.4. The van der Waals surface area contributed by atoms with Crippen molar-refractivity contribution < 1.29 is 32.2 Å². The molecule has 0 unspecified atom stereocenters. The molecule has 0 aromatic heterocycles. The largest absolute Gasteiger partial charge is 0.493 e. The maximum absolute atomic E-state index is 13.0. The fraction of sp³-hybridized carbons (Fsp3) is 0.286. The van der Waals surface area contributed by atoms with E-state index >= 15 is 0 Å². The lowest BCUT2D eigenvalue weighted by Gasteiger charge is -2.34. The lowest BCUT2D eigenvalue weighted by molar-refractivity contribution is 0.0601. The van der Waals surface area contributed by atoms with Crippen LogP contribution in [0.4, 0.5) is 5.69 Å². The molecule has 3 aromatic rings. The topological polar surface area (TPSA) is 114 Å². The number of amides is 1. The molecular weight excluding hydrogens is 522 g/mol. The quantitative estimate of drug-likeness (QED) is 0.402. The summed E-state index contributed by atoms with van der Waals surface area (Å²) in [5.74, 6) is -0.344. The first kappa shape index (κ1) is 28.1. The van der Waals surface area contributed by atoms with Gasteiger partial charge in [-0.05, 0) is 29.8 Å². The van der Waals surface area contributed by atoms with Crippen LogP contribution in [0.2, 0.25) is 0 Å². The van der Waals surface area contributed by atoms with Crippen molar-refractivity contribution in [1.82, 2.24) is 9.21 Å². The summed E-state index contributed by atoms with van der Waals surface area (Å²) in [5, 5.41) is 2.75. The molecule has 1 N–H and O–H groups in total. The van der Waals surface area contributed by atoms with Gasteiger partial charge in [0.2, 0.25) is 10.0 Å². The molecule has 10 nitrogen and oxygen atoms in total. The highest BCUT2D eigenvalue weighted by Crippen LogP contribution is 2.34. The Labute approximate surface area is 228 Å². The second kappa shape index (κ2) is 12.3. The molecule has 1 aliphatic heterocycles. The predicted octanol–water partition coefficient (Wildman–Crippen LogP) is 3.25. The Bertz CT molecular complexity index is 1420. The Hall–Kier alpha value is -3.93. The number of rotatable bonds is 9. The number of carbonyl (C=O) groups is 2. The Morgan fingerprint density at radius 2 is 1.46 bits per heavy atom. The lowest BCUT2D eigenvalue weighted by atomic mass is 10.1. The van der Waals surface area contributed by atoms with Gasteiger partial charge in [0.15, 0.2) is 11.5 Å². The zero-order chi connectivity index (χ0) is 28.0. The summed E-state index contributed by atoms with van der Waals surface area (Å²) >= 11 is 0. The summed E-state index contributed by atoms with van der Waals surface area (Å²) in [5.41, 5.74) is 1.76. The molecule has 4 rings (SSSR count). The van der Waals surface area contributed by atoms with Gasteiger partial charge in [0.25, 0.3) is 5.91 Å². The Morgan fingerprint density at radius 1 is 0.846 bits per heavy atom. The van der Waals surface area contributed by atoms with Crippen LogP contribution in [0.25, 0.3) is 0 Å². The molecule has 0 aliphatic carbocycles. The van der Waals surface area contributed by atoms with Crippen LogP contribution in [-0.2, 0) is 21.3 Å². The maximum Gasteiger partial charge on any atom is 0.340 e. The SMILES string of the molecule is COC(=O)c1cc(OC)c(OC)cc1NC(=O)c1ccc(CN2CCN(S(=O)(=O)c3ccccc3)CC2)cc1. The second-order valence-corrected chi connectivity index (χ2v) is 10.8. The summed E-state index contributed by atoms with van der Waals surface area (Å²) in [6, 6.07) is 18.6. The maximum atomic E-state index is 13.0. The molecule has 0 bridgehead atoms. The fourth-order valence-electron chi connectivity index (χ4n) is 4.34. The van der Waals surface area contributed by atoms with Crippen molar-refractivity contribution in [2.75, 3.05) is 52.8 Å². The van der Waals surface area contributed by atoms with E-state index < -0.39 is 21.9 Å². The van der Waals surface area contributed by atoms with E-state index in [1.165, 1.54) is 37.8 Å². The number of hydrogen-bond acceptors (Lipinski definition) is 8. The summed E-state index contributed by atoms with van der Waals surface area (Å²) in [6.07, 6.45) is 0. The molecule has 3 aromatic carbocycles.